The zero-order valence-electron chi connectivity index (χ0n) is 15.4. The maximum atomic E-state index is 6.08. The molecule has 0 bridgehead atoms. The Labute approximate surface area is 155 Å². The molecule has 4 aromatic rings. The molecule has 4 aromatic carbocycles. The quantitative estimate of drug-likeness (QED) is 0.335. The lowest BCUT2D eigenvalue weighted by Crippen LogP contribution is -2.22. The van der Waals surface area contributed by atoms with Crippen LogP contribution in [0.4, 0.5) is 0 Å². The van der Waals surface area contributed by atoms with Crippen molar-refractivity contribution in [2.75, 3.05) is 26.4 Å². The van der Waals surface area contributed by atoms with Gasteiger partial charge in [0, 0.05) is 27.8 Å². The normalized spacial score (nSPS) is 18.8. The van der Waals surface area contributed by atoms with Gasteiger partial charge in [0.1, 0.15) is 0 Å². The Bertz CT molecular complexity index is 1060. The summed E-state index contributed by atoms with van der Waals surface area (Å²) < 4.78 is 6.08. The lowest BCUT2D eigenvalue weighted by Gasteiger charge is -2.20. The Hall–Kier alpha value is -1.73. The molecule has 1 aliphatic rings. The lowest BCUT2D eigenvalue weighted by molar-refractivity contribution is 0.220. The molecule has 0 aliphatic carbocycles. The van der Waals surface area contributed by atoms with E-state index in [1.807, 2.05) is 0 Å². The molecule has 26 heavy (non-hydrogen) atoms. The molecule has 0 N–H and O–H groups in total. The number of likely N-dealkylation sites (tertiary alicyclic amines) is 1. The van der Waals surface area contributed by atoms with Crippen LogP contribution in [-0.4, -0.2) is 37.4 Å². The molecule has 0 spiro atoms. The molecular weight excluding hydrogens is 337 g/mol. The van der Waals surface area contributed by atoms with E-state index in [1.54, 1.807) is 0 Å². The average Bonchev–Trinajstić information content (AvgIpc) is 3.07. The Balaban J connectivity index is 1.54. The molecule has 0 unspecified atom stereocenters. The summed E-state index contributed by atoms with van der Waals surface area (Å²) >= 11 is 0. The summed E-state index contributed by atoms with van der Waals surface area (Å²) in [6, 6.07) is 20.3. The molecule has 1 fully saturated rings. The number of hydrogen-bond donors (Lipinski definition) is 0. The molecule has 5 rings (SSSR count). The van der Waals surface area contributed by atoms with E-state index >= 15 is 0 Å². The van der Waals surface area contributed by atoms with Gasteiger partial charge in [0.2, 0.25) is 0 Å². The summed E-state index contributed by atoms with van der Waals surface area (Å²) in [7, 11) is -0.273. The summed E-state index contributed by atoms with van der Waals surface area (Å²) in [6.07, 6.45) is 1.57. The zero-order valence-corrected chi connectivity index (χ0v) is 16.3. The number of benzene rings is 4. The standard InChI is InChI=1S/C23H24NOP/c1-26(2)25-20-12-13-24(15-20)14-19-9-8-18-7-6-16-4-3-5-17-10-11-21(19)23(18)22(16)17/h3-11,20H,12-15H2,1-2H3/t20-/m1/s1. The van der Waals surface area contributed by atoms with Crippen LogP contribution in [0, 0.1) is 0 Å². The van der Waals surface area contributed by atoms with Gasteiger partial charge in [-0.2, -0.15) is 0 Å². The van der Waals surface area contributed by atoms with Gasteiger partial charge in [-0.1, -0.05) is 54.6 Å². The van der Waals surface area contributed by atoms with Gasteiger partial charge in [-0.25, -0.2) is 0 Å². The third-order valence-electron chi connectivity index (χ3n) is 5.60. The predicted molar refractivity (Wildman–Crippen MR) is 114 cm³/mol. The van der Waals surface area contributed by atoms with E-state index in [4.69, 9.17) is 4.52 Å². The third-order valence-corrected chi connectivity index (χ3v) is 6.32. The van der Waals surface area contributed by atoms with Crippen LogP contribution in [0.2, 0.25) is 0 Å². The van der Waals surface area contributed by atoms with Crippen LogP contribution >= 0.6 is 8.15 Å². The van der Waals surface area contributed by atoms with E-state index in [-0.39, 0.29) is 8.15 Å². The maximum absolute atomic E-state index is 6.08. The highest BCUT2D eigenvalue weighted by atomic mass is 31.1. The molecule has 0 radical (unpaired) electrons. The zero-order chi connectivity index (χ0) is 17.7. The first-order valence-corrected chi connectivity index (χ1v) is 11.6. The van der Waals surface area contributed by atoms with Crippen LogP contribution in [0.25, 0.3) is 32.3 Å². The fraction of sp³-hybridized carbons (Fsp3) is 0.304. The molecule has 3 heteroatoms. The second kappa shape index (κ2) is 6.46. The minimum atomic E-state index is -0.273. The van der Waals surface area contributed by atoms with Crippen LogP contribution < -0.4 is 0 Å². The highest BCUT2D eigenvalue weighted by molar-refractivity contribution is 7.50. The Morgan fingerprint density at radius 3 is 2.38 bits per heavy atom. The molecule has 1 saturated heterocycles. The summed E-state index contributed by atoms with van der Waals surface area (Å²) in [5, 5.41) is 8.27. The molecule has 1 atom stereocenters. The van der Waals surface area contributed by atoms with Crippen molar-refractivity contribution < 1.29 is 4.52 Å². The first kappa shape index (κ1) is 16.4. The SMILES string of the molecule is CP(C)O[C@@H]1CCN(Cc2ccc3ccc4cccc5ccc2c3c45)C1. The minimum absolute atomic E-state index is 0.273. The Morgan fingerprint density at radius 1 is 0.923 bits per heavy atom. The van der Waals surface area contributed by atoms with Gasteiger partial charge >= 0.3 is 0 Å². The third kappa shape index (κ3) is 2.77. The van der Waals surface area contributed by atoms with E-state index in [0.29, 0.717) is 6.10 Å². The molecule has 0 saturated carbocycles. The van der Waals surface area contributed by atoms with E-state index < -0.39 is 0 Å². The molecule has 132 valence electrons. The topological polar surface area (TPSA) is 12.5 Å². The fourth-order valence-corrected chi connectivity index (χ4v) is 5.27. The highest BCUT2D eigenvalue weighted by Crippen LogP contribution is 2.37. The van der Waals surface area contributed by atoms with Crippen LogP contribution in [-0.2, 0) is 11.1 Å². The molecular formula is C23H24NOP. The molecule has 1 aliphatic heterocycles. The summed E-state index contributed by atoms with van der Waals surface area (Å²) in [4.78, 5) is 2.55. The molecule has 0 amide bonds. The maximum Gasteiger partial charge on any atom is 0.0756 e. The fourth-order valence-electron chi connectivity index (χ4n) is 4.50. The van der Waals surface area contributed by atoms with E-state index in [2.05, 4.69) is 72.8 Å². The van der Waals surface area contributed by atoms with Crippen molar-refractivity contribution in [2.45, 2.75) is 19.1 Å². The van der Waals surface area contributed by atoms with Gasteiger partial charge in [0.05, 0.1) is 6.10 Å². The summed E-state index contributed by atoms with van der Waals surface area (Å²) in [6.45, 7) is 7.59. The van der Waals surface area contributed by atoms with Crippen molar-refractivity contribution in [1.29, 1.82) is 0 Å². The van der Waals surface area contributed by atoms with Gasteiger partial charge < -0.3 is 4.52 Å². The predicted octanol–water partition coefficient (Wildman–Crippen LogP) is 5.83. The van der Waals surface area contributed by atoms with Gasteiger partial charge in [-0.3, -0.25) is 4.90 Å². The van der Waals surface area contributed by atoms with Crippen molar-refractivity contribution in [2.24, 2.45) is 0 Å². The largest absolute Gasteiger partial charge is 0.355 e. The van der Waals surface area contributed by atoms with Crippen molar-refractivity contribution >= 4 is 40.5 Å². The lowest BCUT2D eigenvalue weighted by atomic mass is 9.92. The van der Waals surface area contributed by atoms with Gasteiger partial charge in [-0.05, 0) is 57.6 Å². The van der Waals surface area contributed by atoms with Crippen molar-refractivity contribution in [3.63, 3.8) is 0 Å². The summed E-state index contributed by atoms with van der Waals surface area (Å²) in [5.74, 6) is 0. The van der Waals surface area contributed by atoms with Crippen LogP contribution in [0.5, 0.6) is 0 Å². The monoisotopic (exact) mass is 361 g/mol. The van der Waals surface area contributed by atoms with E-state index in [1.165, 1.54) is 37.9 Å². The first-order valence-electron chi connectivity index (χ1n) is 9.41. The second-order valence-electron chi connectivity index (χ2n) is 7.64. The first-order chi connectivity index (χ1) is 12.7. The van der Waals surface area contributed by atoms with Gasteiger partial charge in [0.25, 0.3) is 0 Å². The minimum Gasteiger partial charge on any atom is -0.355 e. The Morgan fingerprint density at radius 2 is 1.62 bits per heavy atom. The smallest absolute Gasteiger partial charge is 0.0756 e. The molecule has 2 nitrogen and oxygen atoms in total. The van der Waals surface area contributed by atoms with E-state index in [0.717, 1.165) is 26.1 Å². The molecule has 0 aromatic heterocycles. The number of rotatable bonds is 4. The van der Waals surface area contributed by atoms with E-state index in [9.17, 15) is 0 Å². The van der Waals surface area contributed by atoms with Gasteiger partial charge in [0.15, 0.2) is 0 Å². The van der Waals surface area contributed by atoms with Crippen LogP contribution in [0.3, 0.4) is 0 Å². The average molecular weight is 361 g/mol. The van der Waals surface area contributed by atoms with Gasteiger partial charge in [-0.15, -0.1) is 0 Å². The second-order valence-corrected chi connectivity index (χ2v) is 9.48. The number of nitrogens with zero attached hydrogens (tertiary/aromatic N) is 1. The van der Waals surface area contributed by atoms with Crippen molar-refractivity contribution in [3.8, 4) is 0 Å². The highest BCUT2D eigenvalue weighted by Gasteiger charge is 2.24. The van der Waals surface area contributed by atoms with Crippen LogP contribution in [0.15, 0.2) is 54.6 Å². The molecule has 1 heterocycles. The van der Waals surface area contributed by atoms with Crippen molar-refractivity contribution in [1.82, 2.24) is 4.90 Å². The Kier molecular flexibility index (Phi) is 4.09. The van der Waals surface area contributed by atoms with Crippen LogP contribution in [0.1, 0.15) is 12.0 Å². The van der Waals surface area contributed by atoms with Crippen molar-refractivity contribution in [3.05, 3.63) is 60.2 Å². The summed E-state index contributed by atoms with van der Waals surface area (Å²) in [5.41, 5.74) is 1.44. The number of hydrogen-bond acceptors (Lipinski definition) is 2.